The van der Waals surface area contributed by atoms with Gasteiger partial charge in [-0.15, -0.1) is 0 Å². The van der Waals surface area contributed by atoms with Crippen LogP contribution < -0.4 is 0 Å². The number of ether oxygens (including phenoxy) is 1. The molecule has 242 valence electrons. The summed E-state index contributed by atoms with van der Waals surface area (Å²) in [6.07, 6.45) is 3.93. The maximum atomic E-state index is 14.0. The van der Waals surface area contributed by atoms with E-state index in [1.165, 1.54) is 9.80 Å². The maximum absolute atomic E-state index is 14.0. The Morgan fingerprint density at radius 1 is 0.587 bits per heavy atom. The molecule has 0 radical (unpaired) electrons. The third kappa shape index (κ3) is 5.19. The molecule has 11 nitrogen and oxygen atoms in total. The van der Waals surface area contributed by atoms with E-state index in [-0.39, 0.29) is 30.2 Å². The lowest BCUT2D eigenvalue weighted by Gasteiger charge is -2.35. The second kappa shape index (κ2) is 12.4. The lowest BCUT2D eigenvalue weighted by atomic mass is 9.98. The highest BCUT2D eigenvalue weighted by molar-refractivity contribution is 5.95. The van der Waals surface area contributed by atoms with Crippen LogP contribution >= 0.6 is 0 Å². The molecule has 0 spiro atoms. The normalized spacial score (nSPS) is 25.6. The number of nitrogens with zero attached hydrogens (tertiary/aromatic N) is 4. The lowest BCUT2D eigenvalue weighted by Crippen LogP contribution is -2.56. The van der Waals surface area contributed by atoms with Gasteiger partial charge in [0.1, 0.15) is 30.8 Å². The van der Waals surface area contributed by atoms with Gasteiger partial charge in [-0.2, -0.15) is 0 Å². The summed E-state index contributed by atoms with van der Waals surface area (Å²) in [6, 6.07) is 13.3. The lowest BCUT2D eigenvalue weighted by molar-refractivity contribution is -0.154. The highest BCUT2D eigenvalue weighted by Gasteiger charge is 2.47. The fourth-order valence-corrected chi connectivity index (χ4v) is 8.35. The van der Waals surface area contributed by atoms with Crippen molar-refractivity contribution >= 4 is 29.8 Å². The van der Waals surface area contributed by atoms with Crippen LogP contribution in [0.4, 0.5) is 4.79 Å². The summed E-state index contributed by atoms with van der Waals surface area (Å²) in [6.45, 7) is 1.75. The number of carbonyl (C=O) groups is 5. The minimum Gasteiger partial charge on any atom is -0.480 e. The molecular formula is C35H40N4O7. The fourth-order valence-electron chi connectivity index (χ4n) is 8.35. The third-order valence-corrected chi connectivity index (χ3v) is 10.6. The molecule has 1 N–H and O–H groups in total. The van der Waals surface area contributed by atoms with E-state index in [1.54, 1.807) is 9.80 Å². The standard InChI is InChI=1S/C35H40N4O7/c40-31(36-17-6-14-28(36)32(41)38-19-8-16-30(38)34(43)44)27-13-5-18-37(27)33(42)29-15-7-20-39(29)35(45)46-21-26-24-11-3-1-9-22(24)23-10-2-4-12-25(23)26/h1-4,9-12,26-30H,5-8,13-21H2,(H,43,44). The maximum Gasteiger partial charge on any atom is 0.410 e. The van der Waals surface area contributed by atoms with Crippen LogP contribution in [0, 0.1) is 0 Å². The quantitative estimate of drug-likeness (QED) is 0.519. The van der Waals surface area contributed by atoms with Crippen molar-refractivity contribution in [1.82, 2.24) is 19.6 Å². The number of benzene rings is 2. The van der Waals surface area contributed by atoms with E-state index >= 15 is 0 Å². The number of fused-ring (bicyclic) bond motifs is 3. The number of carbonyl (C=O) groups excluding carboxylic acids is 4. The minimum atomic E-state index is -1.02. The van der Waals surface area contributed by atoms with Crippen molar-refractivity contribution < 1.29 is 33.8 Å². The SMILES string of the molecule is O=C(O)C1CCCN1C(=O)C1CCCN1C(=O)C1CCCN1C(=O)C1CCCN1C(=O)OCC1c2ccccc2-c2ccccc21. The van der Waals surface area contributed by atoms with Crippen molar-refractivity contribution in [3.63, 3.8) is 0 Å². The Labute approximate surface area is 268 Å². The van der Waals surface area contributed by atoms with Gasteiger partial charge in [-0.1, -0.05) is 48.5 Å². The Balaban J connectivity index is 1.01. The van der Waals surface area contributed by atoms with Gasteiger partial charge in [0.2, 0.25) is 17.7 Å². The van der Waals surface area contributed by atoms with Gasteiger partial charge < -0.3 is 24.5 Å². The van der Waals surface area contributed by atoms with E-state index in [0.717, 1.165) is 22.3 Å². The van der Waals surface area contributed by atoms with Gasteiger partial charge in [-0.25, -0.2) is 9.59 Å². The van der Waals surface area contributed by atoms with Crippen LogP contribution in [0.25, 0.3) is 11.1 Å². The monoisotopic (exact) mass is 628 g/mol. The molecule has 2 aromatic rings. The fraction of sp³-hybridized carbons (Fsp3) is 0.514. The largest absolute Gasteiger partial charge is 0.480 e. The first-order chi connectivity index (χ1) is 22.3. The first kappa shape index (κ1) is 30.3. The van der Waals surface area contributed by atoms with Crippen molar-refractivity contribution in [2.45, 2.75) is 81.5 Å². The molecule has 4 heterocycles. The number of hydrogen-bond acceptors (Lipinski definition) is 6. The van der Waals surface area contributed by atoms with E-state index in [1.807, 2.05) is 24.3 Å². The van der Waals surface area contributed by atoms with E-state index in [2.05, 4.69) is 24.3 Å². The van der Waals surface area contributed by atoms with Gasteiger partial charge in [0, 0.05) is 32.1 Å². The Kier molecular flexibility index (Phi) is 8.16. The van der Waals surface area contributed by atoms with Crippen molar-refractivity contribution in [2.75, 3.05) is 32.8 Å². The molecule has 4 fully saturated rings. The van der Waals surface area contributed by atoms with E-state index in [9.17, 15) is 29.1 Å². The number of likely N-dealkylation sites (tertiary alicyclic amines) is 4. The molecular weight excluding hydrogens is 588 g/mol. The molecule has 7 rings (SSSR count). The Morgan fingerprint density at radius 2 is 0.978 bits per heavy atom. The number of aliphatic carboxylic acids is 1. The van der Waals surface area contributed by atoms with Crippen molar-refractivity contribution in [3.8, 4) is 11.1 Å². The summed E-state index contributed by atoms with van der Waals surface area (Å²) in [7, 11) is 0. The highest BCUT2D eigenvalue weighted by atomic mass is 16.6. The highest BCUT2D eigenvalue weighted by Crippen LogP contribution is 2.44. The molecule has 4 aliphatic heterocycles. The zero-order chi connectivity index (χ0) is 31.9. The number of carboxylic acid groups (broad SMARTS) is 1. The summed E-state index contributed by atoms with van der Waals surface area (Å²) < 4.78 is 5.89. The van der Waals surface area contributed by atoms with Crippen LogP contribution in [-0.4, -0.2) is 111 Å². The molecule has 0 saturated carbocycles. The number of hydrogen-bond donors (Lipinski definition) is 1. The second-order valence-corrected chi connectivity index (χ2v) is 13.1. The van der Waals surface area contributed by atoms with Crippen LogP contribution in [0.1, 0.15) is 68.4 Å². The summed E-state index contributed by atoms with van der Waals surface area (Å²) in [5.41, 5.74) is 4.51. The molecule has 2 aromatic carbocycles. The molecule has 4 amide bonds. The molecule has 4 saturated heterocycles. The molecule has 1 aliphatic carbocycles. The van der Waals surface area contributed by atoms with Crippen LogP contribution in [0.15, 0.2) is 48.5 Å². The van der Waals surface area contributed by atoms with Crippen molar-refractivity contribution in [3.05, 3.63) is 59.7 Å². The number of carboxylic acids is 1. The molecule has 4 atom stereocenters. The third-order valence-electron chi connectivity index (χ3n) is 10.6. The minimum absolute atomic E-state index is 0.0869. The Bertz CT molecular complexity index is 1520. The first-order valence-corrected chi connectivity index (χ1v) is 16.6. The molecule has 0 bridgehead atoms. The van der Waals surface area contributed by atoms with Crippen LogP contribution in [-0.2, 0) is 23.9 Å². The summed E-state index contributed by atoms with van der Waals surface area (Å²) in [5.74, 6) is -1.94. The van der Waals surface area contributed by atoms with Gasteiger partial charge in [0.15, 0.2) is 0 Å². The second-order valence-electron chi connectivity index (χ2n) is 13.1. The summed E-state index contributed by atoms with van der Waals surface area (Å²) >= 11 is 0. The van der Waals surface area contributed by atoms with Crippen LogP contribution in [0.2, 0.25) is 0 Å². The average Bonchev–Trinajstić information content (AvgIpc) is 3.91. The molecule has 46 heavy (non-hydrogen) atoms. The first-order valence-electron chi connectivity index (χ1n) is 16.6. The van der Waals surface area contributed by atoms with Crippen LogP contribution in [0.5, 0.6) is 0 Å². The van der Waals surface area contributed by atoms with Gasteiger partial charge in [-0.3, -0.25) is 19.3 Å². The molecule has 11 heteroatoms. The Hall–Kier alpha value is -4.41. The summed E-state index contributed by atoms with van der Waals surface area (Å²) in [5, 5.41) is 9.59. The zero-order valence-electron chi connectivity index (χ0n) is 25.9. The van der Waals surface area contributed by atoms with E-state index < -0.39 is 36.2 Å². The number of rotatable bonds is 6. The van der Waals surface area contributed by atoms with Gasteiger partial charge >= 0.3 is 12.1 Å². The molecule has 5 aliphatic rings. The van der Waals surface area contributed by atoms with Crippen molar-refractivity contribution in [2.24, 2.45) is 0 Å². The smallest absolute Gasteiger partial charge is 0.410 e. The average molecular weight is 629 g/mol. The van der Waals surface area contributed by atoms with E-state index in [0.29, 0.717) is 77.5 Å². The van der Waals surface area contributed by atoms with Gasteiger partial charge in [-0.05, 0) is 73.6 Å². The molecule has 4 unspecified atom stereocenters. The van der Waals surface area contributed by atoms with Crippen molar-refractivity contribution in [1.29, 1.82) is 0 Å². The zero-order valence-corrected chi connectivity index (χ0v) is 25.9. The van der Waals surface area contributed by atoms with Crippen LogP contribution in [0.3, 0.4) is 0 Å². The summed E-state index contributed by atoms with van der Waals surface area (Å²) in [4.78, 5) is 72.6. The van der Waals surface area contributed by atoms with Gasteiger partial charge in [0.25, 0.3) is 0 Å². The van der Waals surface area contributed by atoms with Gasteiger partial charge in [0.05, 0.1) is 0 Å². The Morgan fingerprint density at radius 3 is 1.46 bits per heavy atom. The predicted octanol–water partition coefficient (Wildman–Crippen LogP) is 3.46. The van der Waals surface area contributed by atoms with E-state index in [4.69, 9.17) is 4.74 Å². The predicted molar refractivity (Wildman–Crippen MR) is 167 cm³/mol. The molecule has 0 aromatic heterocycles. The topological polar surface area (TPSA) is 128 Å². The number of amides is 4.